The predicted molar refractivity (Wildman–Crippen MR) is 88.6 cm³/mol. The van der Waals surface area contributed by atoms with Crippen molar-refractivity contribution in [3.05, 3.63) is 0 Å². The Morgan fingerprint density at radius 3 is 2.50 bits per heavy atom. The number of amides is 2. The van der Waals surface area contributed by atoms with Crippen LogP contribution in [-0.4, -0.2) is 38.5 Å². The highest BCUT2D eigenvalue weighted by atomic mass is 32.2. The van der Waals surface area contributed by atoms with Crippen molar-refractivity contribution in [2.24, 2.45) is 11.8 Å². The lowest BCUT2D eigenvalue weighted by molar-refractivity contribution is 0.234. The first-order valence-corrected chi connectivity index (χ1v) is 10.5. The third kappa shape index (κ3) is 6.15. The van der Waals surface area contributed by atoms with Crippen molar-refractivity contribution in [3.8, 4) is 0 Å². The molecule has 0 radical (unpaired) electrons. The van der Waals surface area contributed by atoms with Crippen molar-refractivity contribution in [3.63, 3.8) is 0 Å². The van der Waals surface area contributed by atoms with Crippen LogP contribution in [0.1, 0.15) is 58.3 Å². The third-order valence-electron chi connectivity index (χ3n) is 4.99. The minimum atomic E-state index is -2.86. The van der Waals surface area contributed by atoms with Crippen LogP contribution in [-0.2, 0) is 9.84 Å². The van der Waals surface area contributed by atoms with Crippen LogP contribution in [0.4, 0.5) is 4.79 Å². The van der Waals surface area contributed by atoms with E-state index < -0.39 is 9.84 Å². The highest BCUT2D eigenvalue weighted by Crippen LogP contribution is 2.27. The van der Waals surface area contributed by atoms with Gasteiger partial charge >= 0.3 is 6.03 Å². The van der Waals surface area contributed by atoms with Crippen molar-refractivity contribution in [1.82, 2.24) is 10.6 Å². The zero-order valence-corrected chi connectivity index (χ0v) is 14.5. The summed E-state index contributed by atoms with van der Waals surface area (Å²) in [7, 11) is -2.86. The largest absolute Gasteiger partial charge is 0.338 e. The minimum Gasteiger partial charge on any atom is -0.338 e. The average Bonchev–Trinajstić information content (AvgIpc) is 2.83. The zero-order valence-electron chi connectivity index (χ0n) is 13.6. The fourth-order valence-corrected chi connectivity index (χ4v) is 5.44. The molecular weight excluding hydrogens is 300 g/mol. The average molecular weight is 330 g/mol. The fourth-order valence-electron chi connectivity index (χ4n) is 3.58. The lowest BCUT2D eigenvalue weighted by Gasteiger charge is -2.23. The first-order valence-electron chi connectivity index (χ1n) is 8.69. The Bertz CT molecular complexity index is 458. The molecular formula is C16H30N2O3S. The number of urea groups is 1. The highest BCUT2D eigenvalue weighted by molar-refractivity contribution is 7.91. The Kier molecular flexibility index (Phi) is 6.53. The topological polar surface area (TPSA) is 75.3 Å². The van der Waals surface area contributed by atoms with E-state index in [4.69, 9.17) is 0 Å². The standard InChI is InChI=1S/C16H30N2O3S/c1-13(7-8-14-5-3-2-4-6-14)18-16(19)17-11-15-9-10-22(20,21)12-15/h13-15H,2-12H2,1H3,(H2,17,18,19)/t13-,15+/m1/s1. The van der Waals surface area contributed by atoms with Gasteiger partial charge in [0.1, 0.15) is 0 Å². The number of hydrogen-bond acceptors (Lipinski definition) is 3. The van der Waals surface area contributed by atoms with Gasteiger partial charge in [-0.15, -0.1) is 0 Å². The summed E-state index contributed by atoms with van der Waals surface area (Å²) in [6.07, 6.45) is 9.67. The summed E-state index contributed by atoms with van der Waals surface area (Å²) < 4.78 is 22.7. The second-order valence-electron chi connectivity index (χ2n) is 7.11. The Morgan fingerprint density at radius 1 is 1.14 bits per heavy atom. The van der Waals surface area contributed by atoms with E-state index in [1.54, 1.807) is 0 Å². The second kappa shape index (κ2) is 8.18. The molecule has 2 rings (SSSR count). The molecule has 0 spiro atoms. The van der Waals surface area contributed by atoms with E-state index in [0.717, 1.165) is 12.3 Å². The van der Waals surface area contributed by atoms with E-state index >= 15 is 0 Å². The molecule has 0 bridgehead atoms. The van der Waals surface area contributed by atoms with Crippen molar-refractivity contribution >= 4 is 15.9 Å². The first kappa shape index (κ1) is 17.6. The van der Waals surface area contributed by atoms with Crippen LogP contribution in [0.5, 0.6) is 0 Å². The van der Waals surface area contributed by atoms with Crippen LogP contribution in [0.15, 0.2) is 0 Å². The van der Waals surface area contributed by atoms with Gasteiger partial charge in [-0.2, -0.15) is 0 Å². The molecule has 2 aliphatic rings. The molecule has 0 aromatic rings. The molecule has 1 aliphatic heterocycles. The summed E-state index contributed by atoms with van der Waals surface area (Å²) in [5, 5.41) is 5.78. The monoisotopic (exact) mass is 330 g/mol. The molecule has 6 heteroatoms. The number of sulfone groups is 1. The van der Waals surface area contributed by atoms with Gasteiger partial charge < -0.3 is 10.6 Å². The van der Waals surface area contributed by atoms with Gasteiger partial charge in [0, 0.05) is 12.6 Å². The van der Waals surface area contributed by atoms with Crippen molar-refractivity contribution < 1.29 is 13.2 Å². The molecule has 1 saturated carbocycles. The summed E-state index contributed by atoms with van der Waals surface area (Å²) in [6.45, 7) is 2.50. The van der Waals surface area contributed by atoms with E-state index in [1.165, 1.54) is 38.5 Å². The molecule has 2 atom stereocenters. The maximum atomic E-state index is 11.9. The van der Waals surface area contributed by atoms with Gasteiger partial charge in [-0.1, -0.05) is 32.1 Å². The molecule has 0 aromatic carbocycles. The summed E-state index contributed by atoms with van der Waals surface area (Å²) in [5.41, 5.74) is 0. The van der Waals surface area contributed by atoms with Gasteiger partial charge in [0.15, 0.2) is 9.84 Å². The SMILES string of the molecule is C[C@H](CCC1CCCCC1)NC(=O)NC[C@@H]1CCS(=O)(=O)C1. The zero-order chi connectivity index (χ0) is 16.0. The van der Waals surface area contributed by atoms with Gasteiger partial charge in [0.25, 0.3) is 0 Å². The van der Waals surface area contributed by atoms with Gasteiger partial charge in [0.2, 0.25) is 0 Å². The lowest BCUT2D eigenvalue weighted by Crippen LogP contribution is -2.42. The first-order chi connectivity index (χ1) is 10.4. The predicted octanol–water partition coefficient (Wildman–Crippen LogP) is 2.47. The molecule has 22 heavy (non-hydrogen) atoms. The van der Waals surface area contributed by atoms with Crippen LogP contribution in [0.25, 0.3) is 0 Å². The fraction of sp³-hybridized carbons (Fsp3) is 0.938. The van der Waals surface area contributed by atoms with Gasteiger partial charge in [-0.3, -0.25) is 0 Å². The van der Waals surface area contributed by atoms with E-state index in [1.807, 2.05) is 6.92 Å². The Morgan fingerprint density at radius 2 is 1.86 bits per heavy atom. The van der Waals surface area contributed by atoms with Gasteiger partial charge in [-0.25, -0.2) is 13.2 Å². The smallest absolute Gasteiger partial charge is 0.315 e. The Balaban J connectivity index is 1.57. The number of nitrogens with one attached hydrogen (secondary N) is 2. The Labute approximate surface area is 134 Å². The molecule has 5 nitrogen and oxygen atoms in total. The minimum absolute atomic E-state index is 0.0771. The van der Waals surface area contributed by atoms with Crippen LogP contribution in [0.2, 0.25) is 0 Å². The highest BCUT2D eigenvalue weighted by Gasteiger charge is 2.28. The molecule has 0 unspecified atom stereocenters. The maximum absolute atomic E-state index is 11.9. The van der Waals surface area contributed by atoms with E-state index in [2.05, 4.69) is 10.6 Å². The van der Waals surface area contributed by atoms with E-state index in [-0.39, 0.29) is 29.5 Å². The number of hydrogen-bond donors (Lipinski definition) is 2. The van der Waals surface area contributed by atoms with E-state index in [9.17, 15) is 13.2 Å². The molecule has 2 amide bonds. The van der Waals surface area contributed by atoms with E-state index in [0.29, 0.717) is 13.0 Å². The van der Waals surface area contributed by atoms with Crippen LogP contribution < -0.4 is 10.6 Å². The van der Waals surface area contributed by atoms with Crippen LogP contribution in [0, 0.1) is 11.8 Å². The number of carbonyl (C=O) groups is 1. The van der Waals surface area contributed by atoms with Crippen LogP contribution >= 0.6 is 0 Å². The van der Waals surface area contributed by atoms with Gasteiger partial charge in [0.05, 0.1) is 11.5 Å². The molecule has 2 fully saturated rings. The van der Waals surface area contributed by atoms with Crippen LogP contribution in [0.3, 0.4) is 0 Å². The summed E-state index contributed by atoms with van der Waals surface area (Å²) in [4.78, 5) is 11.9. The normalized spacial score (nSPS) is 26.5. The Hall–Kier alpha value is -0.780. The summed E-state index contributed by atoms with van der Waals surface area (Å²) >= 11 is 0. The molecule has 1 aliphatic carbocycles. The molecule has 1 heterocycles. The molecule has 128 valence electrons. The number of carbonyl (C=O) groups excluding carboxylic acids is 1. The van der Waals surface area contributed by atoms with Crippen molar-refractivity contribution in [2.45, 2.75) is 64.3 Å². The lowest BCUT2D eigenvalue weighted by atomic mass is 9.85. The maximum Gasteiger partial charge on any atom is 0.315 e. The quantitative estimate of drug-likeness (QED) is 0.785. The third-order valence-corrected chi connectivity index (χ3v) is 6.83. The van der Waals surface area contributed by atoms with Crippen molar-refractivity contribution in [1.29, 1.82) is 0 Å². The second-order valence-corrected chi connectivity index (χ2v) is 9.33. The summed E-state index contributed by atoms with van der Waals surface area (Å²) in [6, 6.07) is 0.00896. The molecule has 0 aromatic heterocycles. The molecule has 1 saturated heterocycles. The summed E-state index contributed by atoms with van der Waals surface area (Å²) in [5.74, 6) is 1.39. The number of rotatable bonds is 6. The van der Waals surface area contributed by atoms with Gasteiger partial charge in [-0.05, 0) is 38.0 Å². The van der Waals surface area contributed by atoms with Crippen molar-refractivity contribution in [2.75, 3.05) is 18.1 Å². The molecule has 2 N–H and O–H groups in total.